The molecule has 2 rings (SSSR count). The van der Waals surface area contributed by atoms with Crippen molar-refractivity contribution in [2.24, 2.45) is 5.92 Å². The van der Waals surface area contributed by atoms with Gasteiger partial charge in [0.2, 0.25) is 0 Å². The van der Waals surface area contributed by atoms with E-state index in [0.717, 1.165) is 25.6 Å². The summed E-state index contributed by atoms with van der Waals surface area (Å²) >= 11 is 0. The fourth-order valence-corrected chi connectivity index (χ4v) is 2.38. The summed E-state index contributed by atoms with van der Waals surface area (Å²) in [7, 11) is 0. The monoisotopic (exact) mass is 251 g/mol. The highest BCUT2D eigenvalue weighted by atomic mass is 16.5. The van der Waals surface area contributed by atoms with E-state index in [1.807, 2.05) is 0 Å². The molecule has 100 valence electrons. The number of aryl methyl sites for hydroxylation is 1. The van der Waals surface area contributed by atoms with Gasteiger partial charge < -0.3 is 14.7 Å². The topological polar surface area (TPSA) is 58.4 Å². The normalized spacial score (nSPS) is 20.9. The highest BCUT2D eigenvalue weighted by Crippen LogP contribution is 2.14. The highest BCUT2D eigenvalue weighted by molar-refractivity contribution is 5.92. The van der Waals surface area contributed by atoms with Crippen LogP contribution in [-0.2, 0) is 0 Å². The number of likely N-dealkylation sites (tertiary alicyclic amines) is 1. The molecule has 1 aliphatic heterocycles. The first kappa shape index (κ1) is 13.1. The van der Waals surface area contributed by atoms with Crippen molar-refractivity contribution < 1.29 is 9.32 Å². The smallest absolute Gasteiger partial charge is 0.273 e. The van der Waals surface area contributed by atoms with Gasteiger partial charge in [0.15, 0.2) is 5.69 Å². The number of nitrogens with zero attached hydrogens (tertiary/aromatic N) is 2. The number of amides is 1. The third-order valence-corrected chi connectivity index (χ3v) is 3.32. The molecule has 5 nitrogen and oxygen atoms in total. The molecule has 2 heterocycles. The van der Waals surface area contributed by atoms with Crippen LogP contribution in [0.25, 0.3) is 0 Å². The molecular formula is C13H21N3O2. The van der Waals surface area contributed by atoms with Crippen LogP contribution in [0.4, 0.5) is 0 Å². The van der Waals surface area contributed by atoms with Gasteiger partial charge in [-0.05, 0) is 32.2 Å². The summed E-state index contributed by atoms with van der Waals surface area (Å²) in [6.07, 6.45) is 2.58. The molecule has 1 aromatic rings. The zero-order valence-electron chi connectivity index (χ0n) is 11.1. The van der Waals surface area contributed by atoms with Gasteiger partial charge in [0.05, 0.1) is 0 Å². The number of nitrogens with one attached hydrogen (secondary N) is 1. The summed E-state index contributed by atoms with van der Waals surface area (Å²) in [6.45, 7) is 7.91. The summed E-state index contributed by atoms with van der Waals surface area (Å²) in [5.74, 6) is 1.27. The Balaban J connectivity index is 1.70. The van der Waals surface area contributed by atoms with E-state index in [2.05, 4.69) is 22.3 Å². The zero-order chi connectivity index (χ0) is 13.0. The van der Waals surface area contributed by atoms with Crippen molar-refractivity contribution in [2.45, 2.75) is 26.7 Å². The molecule has 0 spiro atoms. The van der Waals surface area contributed by atoms with Crippen molar-refractivity contribution in [3.63, 3.8) is 0 Å². The van der Waals surface area contributed by atoms with Crippen LogP contribution in [0.15, 0.2) is 10.6 Å². The van der Waals surface area contributed by atoms with Crippen LogP contribution >= 0.6 is 0 Å². The SMILES string of the molecule is Cc1cc(C(=O)NCCN2CCC[C@@H](C)C2)no1. The molecular weight excluding hydrogens is 230 g/mol. The molecule has 1 aromatic heterocycles. The van der Waals surface area contributed by atoms with Gasteiger partial charge in [0, 0.05) is 25.7 Å². The third kappa shape index (κ3) is 3.57. The van der Waals surface area contributed by atoms with Crippen molar-refractivity contribution in [1.29, 1.82) is 0 Å². The molecule has 5 heteroatoms. The molecule has 0 aliphatic carbocycles. The Hall–Kier alpha value is -1.36. The van der Waals surface area contributed by atoms with Crippen LogP contribution in [0.3, 0.4) is 0 Å². The molecule has 0 unspecified atom stereocenters. The molecule has 1 aliphatic rings. The van der Waals surface area contributed by atoms with E-state index < -0.39 is 0 Å². The Morgan fingerprint density at radius 3 is 3.17 bits per heavy atom. The van der Waals surface area contributed by atoms with Crippen LogP contribution in [0.5, 0.6) is 0 Å². The van der Waals surface area contributed by atoms with Crippen LogP contribution in [0, 0.1) is 12.8 Å². The number of carbonyl (C=O) groups excluding carboxylic acids is 1. The number of aromatic nitrogens is 1. The average Bonchev–Trinajstić information content (AvgIpc) is 2.76. The molecule has 0 aromatic carbocycles. The molecule has 1 fully saturated rings. The Morgan fingerprint density at radius 1 is 1.67 bits per heavy atom. The summed E-state index contributed by atoms with van der Waals surface area (Å²) < 4.78 is 4.87. The molecule has 0 saturated carbocycles. The Bertz CT molecular complexity index is 403. The fraction of sp³-hybridized carbons (Fsp3) is 0.692. The largest absolute Gasteiger partial charge is 0.361 e. The van der Waals surface area contributed by atoms with E-state index in [-0.39, 0.29) is 5.91 Å². The minimum absolute atomic E-state index is 0.156. The maximum atomic E-state index is 11.7. The molecule has 0 bridgehead atoms. The first-order valence-corrected chi connectivity index (χ1v) is 6.59. The predicted octanol–water partition coefficient (Wildman–Crippen LogP) is 1.44. The number of piperidine rings is 1. The lowest BCUT2D eigenvalue weighted by molar-refractivity contribution is 0.0935. The van der Waals surface area contributed by atoms with Crippen LogP contribution in [-0.4, -0.2) is 42.1 Å². The quantitative estimate of drug-likeness (QED) is 0.880. The summed E-state index contributed by atoms with van der Waals surface area (Å²) in [5.41, 5.74) is 0.361. The number of hydrogen-bond acceptors (Lipinski definition) is 4. The van der Waals surface area contributed by atoms with E-state index in [9.17, 15) is 4.79 Å². The van der Waals surface area contributed by atoms with Gasteiger partial charge in [-0.3, -0.25) is 4.79 Å². The third-order valence-electron chi connectivity index (χ3n) is 3.32. The van der Waals surface area contributed by atoms with Gasteiger partial charge in [0.25, 0.3) is 5.91 Å². The van der Waals surface area contributed by atoms with E-state index in [1.54, 1.807) is 13.0 Å². The summed E-state index contributed by atoms with van der Waals surface area (Å²) in [4.78, 5) is 14.1. The zero-order valence-corrected chi connectivity index (χ0v) is 11.1. The van der Waals surface area contributed by atoms with E-state index in [4.69, 9.17) is 4.52 Å². The van der Waals surface area contributed by atoms with Crippen molar-refractivity contribution in [3.05, 3.63) is 17.5 Å². The molecule has 0 radical (unpaired) electrons. The molecule has 1 atom stereocenters. The number of carbonyl (C=O) groups is 1. The van der Waals surface area contributed by atoms with Gasteiger partial charge in [-0.1, -0.05) is 12.1 Å². The second-order valence-electron chi connectivity index (χ2n) is 5.13. The number of hydrogen-bond donors (Lipinski definition) is 1. The Kier molecular flexibility index (Phi) is 4.36. The predicted molar refractivity (Wildman–Crippen MR) is 68.4 cm³/mol. The van der Waals surface area contributed by atoms with Crippen LogP contribution in [0.2, 0.25) is 0 Å². The van der Waals surface area contributed by atoms with E-state index >= 15 is 0 Å². The maximum absolute atomic E-state index is 11.7. The summed E-state index contributed by atoms with van der Waals surface area (Å²) in [5, 5.41) is 6.56. The molecule has 18 heavy (non-hydrogen) atoms. The lowest BCUT2D eigenvalue weighted by Gasteiger charge is -2.30. The molecule has 1 N–H and O–H groups in total. The van der Waals surface area contributed by atoms with Crippen molar-refractivity contribution >= 4 is 5.91 Å². The van der Waals surface area contributed by atoms with Crippen molar-refractivity contribution in [3.8, 4) is 0 Å². The molecule has 1 amide bonds. The van der Waals surface area contributed by atoms with Crippen molar-refractivity contribution in [1.82, 2.24) is 15.4 Å². The fourth-order valence-electron chi connectivity index (χ4n) is 2.38. The standard InChI is InChI=1S/C13H21N3O2/c1-10-4-3-6-16(9-10)7-5-14-13(17)12-8-11(2)18-15-12/h8,10H,3-7,9H2,1-2H3,(H,14,17)/t10-/m1/s1. The second kappa shape index (κ2) is 6.00. The number of rotatable bonds is 4. The van der Waals surface area contributed by atoms with Gasteiger partial charge >= 0.3 is 0 Å². The lowest BCUT2D eigenvalue weighted by Crippen LogP contribution is -2.40. The minimum Gasteiger partial charge on any atom is -0.361 e. The lowest BCUT2D eigenvalue weighted by atomic mass is 10.0. The van der Waals surface area contributed by atoms with E-state index in [0.29, 0.717) is 18.0 Å². The molecule has 1 saturated heterocycles. The van der Waals surface area contributed by atoms with Gasteiger partial charge in [-0.15, -0.1) is 0 Å². The van der Waals surface area contributed by atoms with Gasteiger partial charge in [-0.25, -0.2) is 0 Å². The van der Waals surface area contributed by atoms with Crippen LogP contribution < -0.4 is 5.32 Å². The second-order valence-corrected chi connectivity index (χ2v) is 5.13. The van der Waals surface area contributed by atoms with Crippen LogP contribution in [0.1, 0.15) is 36.0 Å². The highest BCUT2D eigenvalue weighted by Gasteiger charge is 2.16. The Morgan fingerprint density at radius 2 is 2.50 bits per heavy atom. The van der Waals surface area contributed by atoms with Gasteiger partial charge in [0.1, 0.15) is 5.76 Å². The first-order valence-electron chi connectivity index (χ1n) is 6.59. The Labute approximate surface area is 108 Å². The average molecular weight is 251 g/mol. The van der Waals surface area contributed by atoms with Crippen molar-refractivity contribution in [2.75, 3.05) is 26.2 Å². The maximum Gasteiger partial charge on any atom is 0.273 e. The summed E-state index contributed by atoms with van der Waals surface area (Å²) in [6, 6.07) is 1.65. The minimum atomic E-state index is -0.156. The van der Waals surface area contributed by atoms with E-state index in [1.165, 1.54) is 12.8 Å². The first-order chi connectivity index (χ1) is 8.65. The van der Waals surface area contributed by atoms with Gasteiger partial charge in [-0.2, -0.15) is 0 Å².